The second-order valence-electron chi connectivity index (χ2n) is 7.61. The van der Waals surface area contributed by atoms with Gasteiger partial charge in [-0.25, -0.2) is 8.78 Å². The predicted octanol–water partition coefficient (Wildman–Crippen LogP) is 4.58. The van der Waals surface area contributed by atoms with Crippen molar-refractivity contribution in [2.45, 2.75) is 38.9 Å². The van der Waals surface area contributed by atoms with Crippen molar-refractivity contribution in [3.05, 3.63) is 47.7 Å². The first-order valence-electron chi connectivity index (χ1n) is 9.40. The van der Waals surface area contributed by atoms with Crippen molar-refractivity contribution in [1.82, 2.24) is 14.6 Å². The Labute approximate surface area is 183 Å². The molecule has 4 rings (SSSR count). The monoisotopic (exact) mass is 453 g/mol. The Balaban J connectivity index is 0.00000256. The summed E-state index contributed by atoms with van der Waals surface area (Å²) in [5.41, 5.74) is 0.333. The fraction of sp³-hybridized carbons (Fsp3) is 0.333. The summed E-state index contributed by atoms with van der Waals surface area (Å²) in [6, 6.07) is 5.07. The largest absolute Gasteiger partial charge is 0.508 e. The van der Waals surface area contributed by atoms with E-state index in [0.717, 1.165) is 12.1 Å². The van der Waals surface area contributed by atoms with Gasteiger partial charge in [0.15, 0.2) is 0 Å². The van der Waals surface area contributed by atoms with Crippen molar-refractivity contribution in [3.8, 4) is 16.9 Å². The number of phenols is 1. The lowest BCUT2D eigenvalue weighted by molar-refractivity contribution is 0.0550. The quantitative estimate of drug-likeness (QED) is 0.596. The molecular formula is C21H22ClF2N3O2S. The van der Waals surface area contributed by atoms with Crippen LogP contribution in [-0.2, 0) is 0 Å². The average molecular weight is 454 g/mol. The number of hydrogen-bond acceptors (Lipinski definition) is 5. The van der Waals surface area contributed by atoms with Crippen molar-refractivity contribution < 1.29 is 18.7 Å². The molecule has 5 nitrogen and oxygen atoms in total. The van der Waals surface area contributed by atoms with Gasteiger partial charge in [-0.2, -0.15) is 4.37 Å². The van der Waals surface area contributed by atoms with Gasteiger partial charge in [0.05, 0.1) is 15.8 Å². The number of amides is 1. The van der Waals surface area contributed by atoms with Crippen molar-refractivity contribution in [1.29, 1.82) is 0 Å². The number of phenolic OH excluding ortho intramolecular Hbond substituents is 1. The van der Waals surface area contributed by atoms with Crippen LogP contribution < -0.4 is 5.32 Å². The third-order valence-electron chi connectivity index (χ3n) is 5.49. The Hall–Kier alpha value is -2.29. The van der Waals surface area contributed by atoms with Crippen molar-refractivity contribution in [2.24, 2.45) is 0 Å². The predicted molar refractivity (Wildman–Crippen MR) is 116 cm³/mol. The van der Waals surface area contributed by atoms with Crippen LogP contribution >= 0.6 is 23.9 Å². The number of nitrogens with zero attached hydrogens (tertiary/aromatic N) is 2. The van der Waals surface area contributed by atoms with Gasteiger partial charge in [-0.05, 0) is 50.0 Å². The second kappa shape index (κ2) is 8.45. The molecule has 0 spiro atoms. The van der Waals surface area contributed by atoms with Crippen molar-refractivity contribution in [3.63, 3.8) is 0 Å². The third kappa shape index (κ3) is 3.87. The highest BCUT2D eigenvalue weighted by Crippen LogP contribution is 2.35. The molecule has 2 N–H and O–H groups in total. The molecule has 0 unspecified atom stereocenters. The maximum atomic E-state index is 14.5. The number of piperazine rings is 1. The first-order chi connectivity index (χ1) is 13.8. The molecular weight excluding hydrogens is 432 g/mol. The van der Waals surface area contributed by atoms with Crippen LogP contribution in [0.15, 0.2) is 30.5 Å². The summed E-state index contributed by atoms with van der Waals surface area (Å²) in [7, 11) is 0. The van der Waals surface area contributed by atoms with Crippen LogP contribution in [0.25, 0.3) is 21.2 Å². The molecule has 2 heterocycles. The summed E-state index contributed by atoms with van der Waals surface area (Å²) in [4.78, 5) is 15.3. The van der Waals surface area contributed by atoms with Gasteiger partial charge in [-0.15, -0.1) is 12.4 Å². The number of halogens is 3. The minimum atomic E-state index is -0.888. The molecule has 2 aromatic carbocycles. The molecule has 0 bridgehead atoms. The van der Waals surface area contributed by atoms with Crippen LogP contribution in [0.1, 0.15) is 31.1 Å². The van der Waals surface area contributed by atoms with Gasteiger partial charge < -0.3 is 15.3 Å². The number of fused-ring (bicyclic) bond motifs is 1. The fourth-order valence-corrected chi connectivity index (χ4v) is 4.65. The van der Waals surface area contributed by atoms with E-state index in [1.54, 1.807) is 17.2 Å². The lowest BCUT2D eigenvalue weighted by atomic mass is 9.97. The van der Waals surface area contributed by atoms with Gasteiger partial charge in [0, 0.05) is 48.4 Å². The van der Waals surface area contributed by atoms with Crippen LogP contribution in [0, 0.1) is 11.6 Å². The van der Waals surface area contributed by atoms with Crippen LogP contribution in [0.3, 0.4) is 0 Å². The number of carbonyl (C=O) groups excluding carboxylic acids is 1. The summed E-state index contributed by atoms with van der Waals surface area (Å²) in [6.07, 6.45) is 1.59. The normalized spacial score (nSPS) is 21.5. The van der Waals surface area contributed by atoms with Gasteiger partial charge in [0.1, 0.15) is 17.4 Å². The van der Waals surface area contributed by atoms with E-state index >= 15 is 0 Å². The zero-order valence-corrected chi connectivity index (χ0v) is 18.3. The summed E-state index contributed by atoms with van der Waals surface area (Å²) >= 11 is 1.18. The summed E-state index contributed by atoms with van der Waals surface area (Å²) in [5, 5.41) is 13.5. The number of nitrogens with one attached hydrogen (secondary N) is 1. The van der Waals surface area contributed by atoms with E-state index in [9.17, 15) is 18.7 Å². The van der Waals surface area contributed by atoms with E-state index in [1.807, 2.05) is 20.8 Å². The molecule has 1 aromatic heterocycles. The number of rotatable bonds is 2. The topological polar surface area (TPSA) is 65.5 Å². The molecule has 160 valence electrons. The smallest absolute Gasteiger partial charge is 0.255 e. The lowest BCUT2D eigenvalue weighted by Gasteiger charge is -2.42. The fourth-order valence-electron chi connectivity index (χ4n) is 3.92. The summed E-state index contributed by atoms with van der Waals surface area (Å²) in [5.74, 6) is -2.45. The SMILES string of the molecule is C[C@@H]1CN(C(=O)c2cc(-c3c(F)cc(O)cc3F)cc3cnsc23)[C@H](C)[C@H](C)N1.Cl. The van der Waals surface area contributed by atoms with Crippen LogP contribution in [0.5, 0.6) is 5.75 Å². The Kier molecular flexibility index (Phi) is 6.31. The molecule has 0 radical (unpaired) electrons. The molecule has 9 heteroatoms. The number of aromatic hydroxyl groups is 1. The highest BCUT2D eigenvalue weighted by Gasteiger charge is 2.33. The van der Waals surface area contributed by atoms with Gasteiger partial charge in [0.2, 0.25) is 0 Å². The Morgan fingerprint density at radius 3 is 2.53 bits per heavy atom. The molecule has 1 aliphatic heterocycles. The highest BCUT2D eigenvalue weighted by molar-refractivity contribution is 7.13. The molecule has 1 amide bonds. The van der Waals surface area contributed by atoms with E-state index in [-0.39, 0.29) is 47.6 Å². The average Bonchev–Trinajstić information content (AvgIpc) is 3.11. The molecule has 3 atom stereocenters. The molecule has 30 heavy (non-hydrogen) atoms. The summed E-state index contributed by atoms with van der Waals surface area (Å²) in [6.45, 7) is 6.56. The zero-order valence-electron chi connectivity index (χ0n) is 16.6. The standard InChI is InChI=1S/C21H21F2N3O2S.ClH/c1-10-9-26(12(3)11(2)25-10)21(28)16-5-13(4-14-8-24-29-20(14)16)19-17(22)6-15(27)7-18(19)23;/h4-8,10-12,25,27H,9H2,1-3H3;1H/t10-,11+,12-;/m1./s1. The number of aromatic nitrogens is 1. The second-order valence-corrected chi connectivity index (χ2v) is 8.41. The Morgan fingerprint density at radius 1 is 1.20 bits per heavy atom. The Morgan fingerprint density at radius 2 is 1.87 bits per heavy atom. The molecule has 0 aliphatic carbocycles. The van der Waals surface area contributed by atoms with Crippen LogP contribution in [0.2, 0.25) is 0 Å². The first-order valence-corrected chi connectivity index (χ1v) is 10.2. The van der Waals surface area contributed by atoms with E-state index in [1.165, 1.54) is 17.6 Å². The van der Waals surface area contributed by atoms with E-state index in [4.69, 9.17) is 0 Å². The minimum absolute atomic E-state index is 0. The number of carbonyl (C=O) groups is 1. The highest BCUT2D eigenvalue weighted by atomic mass is 35.5. The lowest BCUT2D eigenvalue weighted by Crippen LogP contribution is -2.60. The molecule has 1 saturated heterocycles. The van der Waals surface area contributed by atoms with Gasteiger partial charge in [0.25, 0.3) is 5.91 Å². The van der Waals surface area contributed by atoms with E-state index in [2.05, 4.69) is 9.69 Å². The maximum absolute atomic E-state index is 14.5. The van der Waals surface area contributed by atoms with Gasteiger partial charge in [-0.3, -0.25) is 4.79 Å². The molecule has 0 saturated carbocycles. The first kappa shape index (κ1) is 22.4. The van der Waals surface area contributed by atoms with Crippen LogP contribution in [-0.4, -0.2) is 45.0 Å². The van der Waals surface area contributed by atoms with Crippen LogP contribution in [0.4, 0.5) is 8.78 Å². The van der Waals surface area contributed by atoms with Crippen molar-refractivity contribution in [2.75, 3.05) is 6.54 Å². The van der Waals surface area contributed by atoms with E-state index < -0.39 is 17.4 Å². The molecule has 1 fully saturated rings. The molecule has 1 aliphatic rings. The number of benzene rings is 2. The maximum Gasteiger partial charge on any atom is 0.255 e. The zero-order chi connectivity index (χ0) is 20.9. The number of hydrogen-bond donors (Lipinski definition) is 2. The minimum Gasteiger partial charge on any atom is -0.508 e. The van der Waals surface area contributed by atoms with Gasteiger partial charge in [-0.1, -0.05) is 0 Å². The van der Waals surface area contributed by atoms with Crippen molar-refractivity contribution >= 4 is 39.9 Å². The molecule has 3 aromatic rings. The van der Waals surface area contributed by atoms with E-state index in [0.29, 0.717) is 22.2 Å². The van der Waals surface area contributed by atoms with Gasteiger partial charge >= 0.3 is 0 Å². The third-order valence-corrected chi connectivity index (χ3v) is 6.34. The Bertz CT molecular complexity index is 1080. The summed E-state index contributed by atoms with van der Waals surface area (Å²) < 4.78 is 33.8.